The van der Waals surface area contributed by atoms with E-state index in [1.165, 1.54) is 0 Å². The number of hydrogen-bond donors (Lipinski definition) is 2. The van der Waals surface area contributed by atoms with Gasteiger partial charge in [-0.2, -0.15) is 11.8 Å². The van der Waals surface area contributed by atoms with Crippen molar-refractivity contribution in [1.29, 1.82) is 0 Å². The van der Waals surface area contributed by atoms with Crippen LogP contribution in [0, 0.1) is 6.92 Å². The molecule has 1 amide bonds. The third-order valence-corrected chi connectivity index (χ3v) is 6.60. The number of benzene rings is 3. The predicted octanol–water partition coefficient (Wildman–Crippen LogP) is 5.37. The molecule has 0 heterocycles. The summed E-state index contributed by atoms with van der Waals surface area (Å²) >= 11 is 1.55. The Morgan fingerprint density at radius 2 is 1.78 bits per heavy atom. The van der Waals surface area contributed by atoms with E-state index >= 15 is 0 Å². The van der Waals surface area contributed by atoms with Gasteiger partial charge in [0.25, 0.3) is 5.91 Å². The van der Waals surface area contributed by atoms with Gasteiger partial charge in [0.1, 0.15) is 11.8 Å². The summed E-state index contributed by atoms with van der Waals surface area (Å²) in [6, 6.07) is 20.3. The zero-order chi connectivity index (χ0) is 25.9. The summed E-state index contributed by atoms with van der Waals surface area (Å²) in [6.45, 7) is 2.91. The number of aryl methyl sites for hydroxylation is 1. The summed E-state index contributed by atoms with van der Waals surface area (Å²) in [5, 5.41) is 12.3. The molecule has 0 aliphatic rings. The van der Waals surface area contributed by atoms with Gasteiger partial charge in [-0.25, -0.2) is 4.79 Å². The van der Waals surface area contributed by atoms with Gasteiger partial charge < -0.3 is 19.9 Å². The lowest BCUT2D eigenvalue weighted by molar-refractivity contribution is -0.139. The second-order valence-corrected chi connectivity index (χ2v) is 9.44. The van der Waals surface area contributed by atoms with Crippen LogP contribution in [0.1, 0.15) is 33.5 Å². The highest BCUT2D eigenvalue weighted by Crippen LogP contribution is 2.29. The Morgan fingerprint density at radius 3 is 2.50 bits per heavy atom. The van der Waals surface area contributed by atoms with E-state index in [1.54, 1.807) is 24.9 Å². The van der Waals surface area contributed by atoms with E-state index in [2.05, 4.69) is 5.32 Å². The molecule has 0 radical (unpaired) electrons. The van der Waals surface area contributed by atoms with Crippen molar-refractivity contribution >= 4 is 23.6 Å². The SMILES string of the molecule is COc1ccccc1CCOCc1ccc(C(=O)N[C@@H](CCSC)C(=O)O)c(-c2ccccc2C)c1. The van der Waals surface area contributed by atoms with Gasteiger partial charge in [-0.3, -0.25) is 4.79 Å². The summed E-state index contributed by atoms with van der Waals surface area (Å²) < 4.78 is 11.4. The minimum Gasteiger partial charge on any atom is -0.496 e. The first-order valence-corrected chi connectivity index (χ1v) is 13.2. The lowest BCUT2D eigenvalue weighted by Gasteiger charge is -2.18. The number of ether oxygens (including phenoxy) is 2. The molecule has 0 aliphatic carbocycles. The number of carboxylic acid groups (broad SMARTS) is 1. The fourth-order valence-electron chi connectivity index (χ4n) is 3.99. The van der Waals surface area contributed by atoms with Crippen molar-refractivity contribution in [1.82, 2.24) is 5.32 Å². The lowest BCUT2D eigenvalue weighted by Crippen LogP contribution is -2.41. The Hall–Kier alpha value is -3.29. The Kier molecular flexibility index (Phi) is 10.4. The van der Waals surface area contributed by atoms with Crippen molar-refractivity contribution in [3.05, 3.63) is 89.0 Å². The first-order chi connectivity index (χ1) is 17.4. The number of para-hydroxylation sites is 1. The summed E-state index contributed by atoms with van der Waals surface area (Å²) in [6.07, 6.45) is 3.00. The van der Waals surface area contributed by atoms with Gasteiger partial charge in [0.05, 0.1) is 20.3 Å². The molecule has 0 saturated heterocycles. The molecule has 0 unspecified atom stereocenters. The number of carbonyl (C=O) groups is 2. The normalized spacial score (nSPS) is 11.6. The third kappa shape index (κ3) is 7.35. The van der Waals surface area contributed by atoms with E-state index in [0.717, 1.165) is 40.0 Å². The van der Waals surface area contributed by atoms with E-state index in [1.807, 2.05) is 73.8 Å². The summed E-state index contributed by atoms with van der Waals surface area (Å²) in [5.74, 6) is 0.0586. The maximum absolute atomic E-state index is 13.2. The molecule has 0 bridgehead atoms. The molecule has 0 saturated carbocycles. The van der Waals surface area contributed by atoms with E-state index < -0.39 is 17.9 Å². The molecular weight excluding hydrogens is 474 g/mol. The van der Waals surface area contributed by atoms with Crippen LogP contribution in [0.2, 0.25) is 0 Å². The van der Waals surface area contributed by atoms with Gasteiger partial charge >= 0.3 is 5.97 Å². The molecule has 3 rings (SSSR count). The Balaban J connectivity index is 1.79. The predicted molar refractivity (Wildman–Crippen MR) is 145 cm³/mol. The second kappa shape index (κ2) is 13.7. The van der Waals surface area contributed by atoms with E-state index in [0.29, 0.717) is 31.0 Å². The number of hydrogen-bond acceptors (Lipinski definition) is 5. The molecule has 0 aromatic heterocycles. The highest BCUT2D eigenvalue weighted by molar-refractivity contribution is 7.98. The minimum absolute atomic E-state index is 0.361. The van der Waals surface area contributed by atoms with Crippen molar-refractivity contribution in [2.45, 2.75) is 32.4 Å². The third-order valence-electron chi connectivity index (χ3n) is 5.95. The molecule has 0 spiro atoms. The summed E-state index contributed by atoms with van der Waals surface area (Å²) in [5.41, 5.74) is 5.17. The monoisotopic (exact) mass is 507 g/mol. The molecular formula is C29H33NO5S. The van der Waals surface area contributed by atoms with Gasteiger partial charge in [0.2, 0.25) is 0 Å². The average molecular weight is 508 g/mol. The lowest BCUT2D eigenvalue weighted by atomic mass is 9.93. The minimum atomic E-state index is -1.03. The molecule has 3 aromatic carbocycles. The number of nitrogens with one attached hydrogen (secondary N) is 1. The fourth-order valence-corrected chi connectivity index (χ4v) is 4.46. The molecule has 1 atom stereocenters. The zero-order valence-electron chi connectivity index (χ0n) is 21.0. The Bertz CT molecular complexity index is 1180. The van der Waals surface area contributed by atoms with Crippen molar-refractivity contribution < 1.29 is 24.2 Å². The van der Waals surface area contributed by atoms with E-state index in [-0.39, 0.29) is 0 Å². The fraction of sp³-hybridized carbons (Fsp3) is 0.310. The number of amides is 1. The van der Waals surface area contributed by atoms with Gasteiger partial charge in [-0.1, -0.05) is 48.5 Å². The maximum Gasteiger partial charge on any atom is 0.326 e. The highest BCUT2D eigenvalue weighted by atomic mass is 32.2. The van der Waals surface area contributed by atoms with Gasteiger partial charge in [-0.05, 0) is 77.8 Å². The van der Waals surface area contributed by atoms with Gasteiger partial charge in [0.15, 0.2) is 0 Å². The van der Waals surface area contributed by atoms with Crippen molar-refractivity contribution in [2.24, 2.45) is 0 Å². The van der Waals surface area contributed by atoms with Crippen LogP contribution >= 0.6 is 11.8 Å². The first-order valence-electron chi connectivity index (χ1n) is 11.9. The number of rotatable bonds is 13. The van der Waals surface area contributed by atoms with Crippen LogP contribution in [0.4, 0.5) is 0 Å². The average Bonchev–Trinajstić information content (AvgIpc) is 2.89. The van der Waals surface area contributed by atoms with Crippen molar-refractivity contribution in [2.75, 3.05) is 25.7 Å². The van der Waals surface area contributed by atoms with Crippen LogP contribution in [-0.4, -0.2) is 48.8 Å². The molecule has 0 aliphatic heterocycles. The number of aliphatic carboxylic acids is 1. The van der Waals surface area contributed by atoms with Crippen LogP contribution in [0.15, 0.2) is 66.7 Å². The van der Waals surface area contributed by atoms with E-state index in [9.17, 15) is 14.7 Å². The molecule has 6 nitrogen and oxygen atoms in total. The van der Waals surface area contributed by atoms with Crippen LogP contribution < -0.4 is 10.1 Å². The Morgan fingerprint density at radius 1 is 1.03 bits per heavy atom. The highest BCUT2D eigenvalue weighted by Gasteiger charge is 2.22. The number of carbonyl (C=O) groups excluding carboxylic acids is 1. The zero-order valence-corrected chi connectivity index (χ0v) is 21.8. The molecule has 36 heavy (non-hydrogen) atoms. The van der Waals surface area contributed by atoms with Crippen LogP contribution in [-0.2, 0) is 22.6 Å². The molecule has 7 heteroatoms. The topological polar surface area (TPSA) is 84.9 Å². The number of thioether (sulfide) groups is 1. The largest absolute Gasteiger partial charge is 0.496 e. The second-order valence-electron chi connectivity index (χ2n) is 8.46. The smallest absolute Gasteiger partial charge is 0.326 e. The quantitative estimate of drug-likeness (QED) is 0.303. The Labute approximate surface area is 217 Å². The standard InChI is InChI=1S/C29H33NO5S/c1-20-8-4-6-10-23(20)25-18-21(19-35-16-14-22-9-5-7-11-27(22)34-2)12-13-24(25)28(31)30-26(29(32)33)15-17-36-3/h4-13,18,26H,14-17,19H2,1-3H3,(H,30,31)(H,32,33)/t26-/m0/s1. The molecule has 0 fully saturated rings. The summed E-state index contributed by atoms with van der Waals surface area (Å²) in [4.78, 5) is 24.9. The van der Waals surface area contributed by atoms with Crippen LogP contribution in [0.3, 0.4) is 0 Å². The van der Waals surface area contributed by atoms with Crippen molar-refractivity contribution in [3.63, 3.8) is 0 Å². The summed E-state index contributed by atoms with van der Waals surface area (Å²) in [7, 11) is 1.66. The number of methoxy groups -OCH3 is 1. The van der Waals surface area contributed by atoms with Gasteiger partial charge in [-0.15, -0.1) is 0 Å². The molecule has 2 N–H and O–H groups in total. The first kappa shape index (κ1) is 27.3. The van der Waals surface area contributed by atoms with Crippen LogP contribution in [0.25, 0.3) is 11.1 Å². The maximum atomic E-state index is 13.2. The van der Waals surface area contributed by atoms with Crippen molar-refractivity contribution in [3.8, 4) is 16.9 Å². The van der Waals surface area contributed by atoms with E-state index in [4.69, 9.17) is 9.47 Å². The number of carboxylic acids is 1. The van der Waals surface area contributed by atoms with Crippen LogP contribution in [0.5, 0.6) is 5.75 Å². The van der Waals surface area contributed by atoms with Gasteiger partial charge in [0, 0.05) is 5.56 Å². The molecule has 190 valence electrons. The molecule has 3 aromatic rings.